The van der Waals surface area contributed by atoms with E-state index in [0.29, 0.717) is 28.8 Å². The summed E-state index contributed by atoms with van der Waals surface area (Å²) in [5.74, 6) is 1.95. The molecule has 0 radical (unpaired) electrons. The van der Waals surface area contributed by atoms with Gasteiger partial charge < -0.3 is 9.73 Å². The number of nitrogens with zero attached hydrogens (tertiary/aromatic N) is 6. The van der Waals surface area contributed by atoms with Crippen molar-refractivity contribution in [1.82, 2.24) is 29.9 Å². The van der Waals surface area contributed by atoms with Crippen molar-refractivity contribution in [3.05, 3.63) is 36.0 Å². The van der Waals surface area contributed by atoms with E-state index in [4.69, 9.17) is 4.42 Å². The molecule has 3 aromatic heterocycles. The molecule has 0 atom stereocenters. The summed E-state index contributed by atoms with van der Waals surface area (Å²) in [5, 5.41) is 11.7. The lowest BCUT2D eigenvalue weighted by Gasteiger charge is -2.06. The van der Waals surface area contributed by atoms with E-state index < -0.39 is 0 Å². The van der Waals surface area contributed by atoms with Crippen molar-refractivity contribution < 1.29 is 4.42 Å². The van der Waals surface area contributed by atoms with Gasteiger partial charge in [-0.2, -0.15) is 4.98 Å². The van der Waals surface area contributed by atoms with Crippen molar-refractivity contribution in [2.45, 2.75) is 26.8 Å². The zero-order chi connectivity index (χ0) is 16.5. The van der Waals surface area contributed by atoms with Crippen LogP contribution in [0, 0.1) is 13.8 Å². The second-order valence-corrected chi connectivity index (χ2v) is 5.59. The van der Waals surface area contributed by atoms with Crippen LogP contribution in [0.2, 0.25) is 0 Å². The van der Waals surface area contributed by atoms with Gasteiger partial charge in [-0.25, -0.2) is 14.6 Å². The van der Waals surface area contributed by atoms with Crippen molar-refractivity contribution in [2.75, 3.05) is 11.9 Å². The first-order chi connectivity index (χ1) is 11.7. The molecule has 0 aliphatic heterocycles. The molecule has 0 bridgehead atoms. The van der Waals surface area contributed by atoms with E-state index in [1.807, 2.05) is 35.9 Å². The molecule has 8 nitrogen and oxygen atoms in total. The van der Waals surface area contributed by atoms with Crippen LogP contribution in [0.1, 0.15) is 18.1 Å². The number of benzene rings is 1. The molecule has 24 heavy (non-hydrogen) atoms. The topological polar surface area (TPSA) is 94.6 Å². The van der Waals surface area contributed by atoms with Gasteiger partial charge in [-0.05, 0) is 25.5 Å². The largest absolute Gasteiger partial charge is 0.422 e. The summed E-state index contributed by atoms with van der Waals surface area (Å²) in [6, 6.07) is 7.95. The van der Waals surface area contributed by atoms with Crippen LogP contribution in [0.4, 0.5) is 5.82 Å². The summed E-state index contributed by atoms with van der Waals surface area (Å²) in [4.78, 5) is 13.0. The van der Waals surface area contributed by atoms with Crippen LogP contribution in [0.5, 0.6) is 0 Å². The minimum absolute atomic E-state index is 0.518. The van der Waals surface area contributed by atoms with E-state index in [1.165, 1.54) is 0 Å². The normalized spacial score (nSPS) is 11.4. The maximum atomic E-state index is 5.48. The van der Waals surface area contributed by atoms with E-state index in [2.05, 4.69) is 30.6 Å². The zero-order valence-electron chi connectivity index (χ0n) is 13.5. The van der Waals surface area contributed by atoms with Crippen molar-refractivity contribution >= 4 is 28.1 Å². The number of fused-ring (bicyclic) bond motifs is 2. The highest BCUT2D eigenvalue weighted by Gasteiger charge is 2.11. The van der Waals surface area contributed by atoms with E-state index in [1.54, 1.807) is 6.92 Å². The Labute approximate surface area is 137 Å². The molecule has 0 spiro atoms. The number of hydrogen-bond acceptors (Lipinski definition) is 7. The number of rotatable bonds is 5. The average Bonchev–Trinajstić information content (AvgIpc) is 3.14. The minimum atomic E-state index is 0.518. The smallest absolute Gasteiger partial charge is 0.252 e. The standard InChI is InChI=1S/C16H17N7O/c1-10-18-15(14-16(19-10)24-11(2)20-14)17-8-5-9-23-13-7-4-3-6-12(13)21-22-23/h3-4,6-7H,5,8-9H2,1-2H3,(H,17,18,19). The first kappa shape index (κ1) is 14.6. The lowest BCUT2D eigenvalue weighted by atomic mass is 10.3. The maximum absolute atomic E-state index is 5.48. The van der Waals surface area contributed by atoms with Gasteiger partial charge in [0, 0.05) is 20.0 Å². The summed E-state index contributed by atoms with van der Waals surface area (Å²) in [6.07, 6.45) is 0.884. The summed E-state index contributed by atoms with van der Waals surface area (Å²) in [7, 11) is 0. The fourth-order valence-corrected chi connectivity index (χ4v) is 2.67. The van der Waals surface area contributed by atoms with Crippen molar-refractivity contribution in [2.24, 2.45) is 0 Å². The third-order valence-electron chi connectivity index (χ3n) is 3.74. The molecule has 4 aromatic rings. The fourth-order valence-electron chi connectivity index (χ4n) is 2.67. The summed E-state index contributed by atoms with van der Waals surface area (Å²) in [5.41, 5.74) is 3.15. The van der Waals surface area contributed by atoms with Crippen LogP contribution in [0.15, 0.2) is 28.7 Å². The van der Waals surface area contributed by atoms with Crippen LogP contribution < -0.4 is 5.32 Å². The molecule has 0 amide bonds. The Kier molecular flexibility index (Phi) is 3.56. The molecule has 1 aromatic carbocycles. The molecule has 0 saturated heterocycles. The molecule has 0 saturated carbocycles. The number of aromatic nitrogens is 6. The molecule has 0 aliphatic rings. The van der Waals surface area contributed by atoms with Crippen LogP contribution in [-0.2, 0) is 6.54 Å². The number of anilines is 1. The summed E-state index contributed by atoms with van der Waals surface area (Å²) in [6.45, 7) is 5.16. The molecule has 4 rings (SSSR count). The highest BCUT2D eigenvalue weighted by molar-refractivity contribution is 5.81. The van der Waals surface area contributed by atoms with Gasteiger partial charge in [0.2, 0.25) is 0 Å². The first-order valence-electron chi connectivity index (χ1n) is 7.84. The number of hydrogen-bond donors (Lipinski definition) is 1. The third kappa shape index (κ3) is 2.66. The Morgan fingerprint density at radius 1 is 1.12 bits per heavy atom. The van der Waals surface area contributed by atoms with Gasteiger partial charge in [0.1, 0.15) is 11.3 Å². The Morgan fingerprint density at radius 3 is 2.92 bits per heavy atom. The minimum Gasteiger partial charge on any atom is -0.422 e. The molecular weight excluding hydrogens is 306 g/mol. The Bertz CT molecular complexity index is 1000. The molecule has 0 fully saturated rings. The molecule has 8 heteroatoms. The SMILES string of the molecule is Cc1nc(NCCCn2nnc3ccccc32)c2nc(C)oc2n1. The van der Waals surface area contributed by atoms with E-state index in [-0.39, 0.29) is 0 Å². The van der Waals surface area contributed by atoms with E-state index in [0.717, 1.165) is 30.5 Å². The van der Waals surface area contributed by atoms with E-state index >= 15 is 0 Å². The molecule has 1 N–H and O–H groups in total. The Morgan fingerprint density at radius 2 is 2.00 bits per heavy atom. The number of para-hydroxylation sites is 1. The van der Waals surface area contributed by atoms with Crippen LogP contribution >= 0.6 is 0 Å². The zero-order valence-corrected chi connectivity index (χ0v) is 13.5. The number of aryl methyl sites for hydroxylation is 3. The molecule has 3 heterocycles. The van der Waals surface area contributed by atoms with Crippen LogP contribution in [0.25, 0.3) is 22.3 Å². The van der Waals surface area contributed by atoms with Gasteiger partial charge in [0.15, 0.2) is 17.2 Å². The maximum Gasteiger partial charge on any atom is 0.252 e. The van der Waals surface area contributed by atoms with Gasteiger partial charge in [-0.1, -0.05) is 17.3 Å². The van der Waals surface area contributed by atoms with Crippen LogP contribution in [0.3, 0.4) is 0 Å². The van der Waals surface area contributed by atoms with Crippen molar-refractivity contribution in [3.63, 3.8) is 0 Å². The predicted octanol–water partition coefficient (Wildman–Crippen LogP) is 2.48. The molecule has 0 aliphatic carbocycles. The summed E-state index contributed by atoms with van der Waals surface area (Å²) < 4.78 is 7.39. The Hall–Kier alpha value is -3.03. The fraction of sp³-hybridized carbons (Fsp3) is 0.312. The van der Waals surface area contributed by atoms with Gasteiger partial charge in [-0.3, -0.25) is 0 Å². The van der Waals surface area contributed by atoms with Crippen LogP contribution in [-0.4, -0.2) is 36.5 Å². The van der Waals surface area contributed by atoms with Gasteiger partial charge >= 0.3 is 0 Å². The van der Waals surface area contributed by atoms with Crippen molar-refractivity contribution in [3.8, 4) is 0 Å². The summed E-state index contributed by atoms with van der Waals surface area (Å²) >= 11 is 0. The van der Waals surface area contributed by atoms with Gasteiger partial charge in [-0.15, -0.1) is 5.10 Å². The second kappa shape index (κ2) is 5.88. The second-order valence-electron chi connectivity index (χ2n) is 5.59. The highest BCUT2D eigenvalue weighted by Crippen LogP contribution is 2.20. The number of oxazole rings is 1. The molecular formula is C16H17N7O. The number of nitrogens with one attached hydrogen (secondary N) is 1. The predicted molar refractivity (Wildman–Crippen MR) is 89.7 cm³/mol. The average molecular weight is 323 g/mol. The van der Waals surface area contributed by atoms with Gasteiger partial charge in [0.05, 0.1) is 5.52 Å². The van der Waals surface area contributed by atoms with Gasteiger partial charge in [0.25, 0.3) is 5.71 Å². The third-order valence-corrected chi connectivity index (χ3v) is 3.74. The monoisotopic (exact) mass is 323 g/mol. The lowest BCUT2D eigenvalue weighted by molar-refractivity contribution is 0.550. The quantitative estimate of drug-likeness (QED) is 0.564. The van der Waals surface area contributed by atoms with E-state index in [9.17, 15) is 0 Å². The first-order valence-corrected chi connectivity index (χ1v) is 7.84. The highest BCUT2D eigenvalue weighted by atomic mass is 16.4. The lowest BCUT2D eigenvalue weighted by Crippen LogP contribution is -2.09. The Balaban J connectivity index is 1.44. The van der Waals surface area contributed by atoms with Crippen molar-refractivity contribution in [1.29, 1.82) is 0 Å². The molecule has 0 unspecified atom stereocenters. The molecule has 122 valence electrons.